The predicted octanol–water partition coefficient (Wildman–Crippen LogP) is 4.23. The molecule has 0 aliphatic heterocycles. The third kappa shape index (κ3) is 3.84. The quantitative estimate of drug-likeness (QED) is 0.785. The van der Waals surface area contributed by atoms with Gasteiger partial charge in [-0.2, -0.15) is 5.26 Å². The highest BCUT2D eigenvalue weighted by Gasteiger charge is 2.08. The fourth-order valence-corrected chi connectivity index (χ4v) is 2.98. The van der Waals surface area contributed by atoms with Gasteiger partial charge in [0.15, 0.2) is 0 Å². The van der Waals surface area contributed by atoms with Crippen molar-refractivity contribution in [2.45, 2.75) is 26.3 Å². The third-order valence-electron chi connectivity index (χ3n) is 3.03. The summed E-state index contributed by atoms with van der Waals surface area (Å²) >= 11 is 1.86. The van der Waals surface area contributed by atoms with E-state index in [1.807, 2.05) is 29.5 Å². The number of thiophene rings is 1. The molecule has 0 saturated heterocycles. The van der Waals surface area contributed by atoms with Crippen LogP contribution < -0.4 is 4.90 Å². The van der Waals surface area contributed by atoms with Gasteiger partial charge in [0.2, 0.25) is 0 Å². The van der Waals surface area contributed by atoms with Gasteiger partial charge in [0, 0.05) is 22.0 Å². The van der Waals surface area contributed by atoms with E-state index in [-0.39, 0.29) is 0 Å². The summed E-state index contributed by atoms with van der Waals surface area (Å²) in [5.41, 5.74) is 1.18. The van der Waals surface area contributed by atoms with Crippen molar-refractivity contribution < 1.29 is 0 Å². The lowest BCUT2D eigenvalue weighted by Gasteiger charge is -2.23. The lowest BCUT2D eigenvalue weighted by atomic mass is 10.2. The molecule has 0 amide bonds. The molecule has 1 aromatic heterocycles. The van der Waals surface area contributed by atoms with Crippen LogP contribution in [0.3, 0.4) is 0 Å². The summed E-state index contributed by atoms with van der Waals surface area (Å²) < 4.78 is 0. The molecular weight excluding hydrogens is 252 g/mol. The molecule has 98 valence electrons. The Morgan fingerprint density at radius 3 is 2.47 bits per heavy atom. The molecule has 0 radical (unpaired) electrons. The highest BCUT2D eigenvalue weighted by Crippen LogP contribution is 2.22. The lowest BCUT2D eigenvalue weighted by Crippen LogP contribution is -2.23. The monoisotopic (exact) mass is 270 g/mol. The number of rotatable bonds is 6. The van der Waals surface area contributed by atoms with Crippen molar-refractivity contribution in [2.75, 3.05) is 11.4 Å². The van der Waals surface area contributed by atoms with Crippen molar-refractivity contribution >= 4 is 17.0 Å². The summed E-state index contributed by atoms with van der Waals surface area (Å²) in [5, 5.41) is 8.80. The van der Waals surface area contributed by atoms with Crippen molar-refractivity contribution in [1.29, 1.82) is 5.26 Å². The molecule has 0 fully saturated rings. The van der Waals surface area contributed by atoms with Gasteiger partial charge in [-0.15, -0.1) is 11.3 Å². The predicted molar refractivity (Wildman–Crippen MR) is 81.4 cm³/mol. The molecule has 0 atom stereocenters. The highest BCUT2D eigenvalue weighted by molar-refractivity contribution is 7.12. The number of nitrogens with zero attached hydrogens (tertiary/aromatic N) is 2. The summed E-state index contributed by atoms with van der Waals surface area (Å²) in [6.45, 7) is 3.84. The SMILES string of the molecule is CCc1ccc(CN(CCC#N)c2ccccc2)s1. The second-order valence-electron chi connectivity index (χ2n) is 4.39. The van der Waals surface area contributed by atoms with Gasteiger partial charge in [0.05, 0.1) is 19.0 Å². The fraction of sp³-hybridized carbons (Fsp3) is 0.312. The van der Waals surface area contributed by atoms with E-state index in [0.29, 0.717) is 6.42 Å². The van der Waals surface area contributed by atoms with Gasteiger partial charge in [0.25, 0.3) is 0 Å². The molecule has 2 rings (SSSR count). The smallest absolute Gasteiger partial charge is 0.0640 e. The topological polar surface area (TPSA) is 27.0 Å². The highest BCUT2D eigenvalue weighted by atomic mass is 32.1. The van der Waals surface area contributed by atoms with E-state index >= 15 is 0 Å². The van der Waals surface area contributed by atoms with E-state index in [1.54, 1.807) is 0 Å². The van der Waals surface area contributed by atoms with Gasteiger partial charge < -0.3 is 4.90 Å². The van der Waals surface area contributed by atoms with Crippen LogP contribution in [0.2, 0.25) is 0 Å². The van der Waals surface area contributed by atoms with Crippen LogP contribution in [0.15, 0.2) is 42.5 Å². The Hall–Kier alpha value is -1.79. The summed E-state index contributed by atoms with van der Waals surface area (Å²) in [6.07, 6.45) is 1.65. The Balaban J connectivity index is 2.12. The summed E-state index contributed by atoms with van der Waals surface area (Å²) in [6, 6.07) is 16.9. The standard InChI is InChI=1S/C16H18N2S/c1-2-15-9-10-16(19-15)13-18(12-6-11-17)14-7-4-3-5-8-14/h3-5,7-10H,2,6,12-13H2,1H3. The molecule has 0 bridgehead atoms. The van der Waals surface area contributed by atoms with E-state index in [0.717, 1.165) is 19.5 Å². The van der Waals surface area contributed by atoms with Gasteiger partial charge in [-0.25, -0.2) is 0 Å². The Morgan fingerprint density at radius 2 is 1.84 bits per heavy atom. The molecule has 1 aromatic carbocycles. The lowest BCUT2D eigenvalue weighted by molar-refractivity contribution is 0.806. The number of benzene rings is 1. The minimum Gasteiger partial charge on any atom is -0.365 e. The zero-order chi connectivity index (χ0) is 13.5. The minimum atomic E-state index is 0.556. The number of hydrogen-bond acceptors (Lipinski definition) is 3. The summed E-state index contributed by atoms with van der Waals surface area (Å²) in [4.78, 5) is 5.05. The van der Waals surface area contributed by atoms with Gasteiger partial charge in [-0.05, 0) is 30.7 Å². The molecule has 0 aliphatic rings. The third-order valence-corrected chi connectivity index (χ3v) is 4.24. The second kappa shape index (κ2) is 6.96. The number of anilines is 1. The minimum absolute atomic E-state index is 0.556. The second-order valence-corrected chi connectivity index (χ2v) is 5.64. The van der Waals surface area contributed by atoms with E-state index in [4.69, 9.17) is 5.26 Å². The van der Waals surface area contributed by atoms with E-state index in [1.165, 1.54) is 15.4 Å². The molecule has 2 nitrogen and oxygen atoms in total. The largest absolute Gasteiger partial charge is 0.365 e. The van der Waals surface area contributed by atoms with Crippen LogP contribution in [0.5, 0.6) is 0 Å². The van der Waals surface area contributed by atoms with E-state index < -0.39 is 0 Å². The van der Waals surface area contributed by atoms with Crippen molar-refractivity contribution in [3.63, 3.8) is 0 Å². The normalized spacial score (nSPS) is 10.1. The molecule has 0 spiro atoms. The fourth-order valence-electron chi connectivity index (χ4n) is 2.01. The average molecular weight is 270 g/mol. The molecule has 1 heterocycles. The summed E-state index contributed by atoms with van der Waals surface area (Å²) in [5.74, 6) is 0. The Labute approximate surface area is 118 Å². The molecule has 0 unspecified atom stereocenters. The van der Waals surface area contributed by atoms with Crippen LogP contribution >= 0.6 is 11.3 Å². The molecule has 0 saturated carbocycles. The zero-order valence-corrected chi connectivity index (χ0v) is 12.0. The van der Waals surface area contributed by atoms with Gasteiger partial charge in [0.1, 0.15) is 0 Å². The molecule has 2 aromatic rings. The van der Waals surface area contributed by atoms with Gasteiger partial charge >= 0.3 is 0 Å². The van der Waals surface area contributed by atoms with Crippen LogP contribution in [-0.2, 0) is 13.0 Å². The molecule has 0 aliphatic carbocycles. The van der Waals surface area contributed by atoms with Crippen LogP contribution in [0.4, 0.5) is 5.69 Å². The first-order valence-electron chi connectivity index (χ1n) is 6.58. The molecular formula is C16H18N2S. The van der Waals surface area contributed by atoms with E-state index in [9.17, 15) is 0 Å². The first-order chi connectivity index (χ1) is 9.33. The maximum Gasteiger partial charge on any atom is 0.0640 e. The maximum atomic E-state index is 8.80. The molecule has 19 heavy (non-hydrogen) atoms. The summed E-state index contributed by atoms with van der Waals surface area (Å²) in [7, 11) is 0. The van der Waals surface area contributed by atoms with Crippen molar-refractivity contribution in [2.24, 2.45) is 0 Å². The first kappa shape index (κ1) is 13.6. The number of nitriles is 1. The van der Waals surface area contributed by atoms with Crippen molar-refractivity contribution in [1.82, 2.24) is 0 Å². The number of hydrogen-bond donors (Lipinski definition) is 0. The van der Waals surface area contributed by atoms with Crippen LogP contribution in [0.1, 0.15) is 23.1 Å². The zero-order valence-electron chi connectivity index (χ0n) is 11.2. The Kier molecular flexibility index (Phi) is 5.00. The van der Waals surface area contributed by atoms with Crippen molar-refractivity contribution in [3.8, 4) is 6.07 Å². The Bertz CT molecular complexity index is 539. The maximum absolute atomic E-state index is 8.80. The first-order valence-corrected chi connectivity index (χ1v) is 7.39. The van der Waals surface area contributed by atoms with Crippen LogP contribution in [0, 0.1) is 11.3 Å². The van der Waals surface area contributed by atoms with E-state index in [2.05, 4.69) is 42.2 Å². The van der Waals surface area contributed by atoms with Gasteiger partial charge in [-0.3, -0.25) is 0 Å². The van der Waals surface area contributed by atoms with Crippen molar-refractivity contribution in [3.05, 3.63) is 52.2 Å². The Morgan fingerprint density at radius 1 is 1.11 bits per heavy atom. The molecule has 3 heteroatoms. The average Bonchev–Trinajstić information content (AvgIpc) is 2.92. The van der Waals surface area contributed by atoms with Crippen LogP contribution in [-0.4, -0.2) is 6.54 Å². The number of aryl methyl sites for hydroxylation is 1. The van der Waals surface area contributed by atoms with Crippen LogP contribution in [0.25, 0.3) is 0 Å². The molecule has 0 N–H and O–H groups in total. The number of para-hydroxylation sites is 1. The van der Waals surface area contributed by atoms with Gasteiger partial charge in [-0.1, -0.05) is 25.1 Å².